The second-order valence-corrected chi connectivity index (χ2v) is 6.91. The number of aldehydes is 1. The predicted octanol–water partition coefficient (Wildman–Crippen LogP) is 5.82. The van der Waals surface area contributed by atoms with Gasteiger partial charge in [0.15, 0.2) is 22.8 Å². The summed E-state index contributed by atoms with van der Waals surface area (Å²) >= 11 is 0. The third-order valence-corrected chi connectivity index (χ3v) is 5.04. The van der Waals surface area contributed by atoms with Gasteiger partial charge < -0.3 is 18.6 Å². The maximum atomic E-state index is 11.3. The number of carbonyl (C=O) groups is 1. The van der Waals surface area contributed by atoms with Crippen LogP contribution in [0.25, 0.3) is 22.3 Å². The van der Waals surface area contributed by atoms with Crippen molar-refractivity contribution in [3.8, 4) is 28.6 Å². The molecule has 4 rings (SSSR count). The molecule has 5 heteroatoms. The number of fused-ring (bicyclic) bond motifs is 1. The smallest absolute Gasteiger partial charge is 0.176 e. The van der Waals surface area contributed by atoms with Crippen LogP contribution in [0.15, 0.2) is 65.1 Å². The monoisotopic (exact) mass is 402 g/mol. The molecule has 0 N–H and O–H groups in total. The van der Waals surface area contributed by atoms with Crippen molar-refractivity contribution in [1.29, 1.82) is 0 Å². The maximum absolute atomic E-state index is 11.3. The van der Waals surface area contributed by atoms with Gasteiger partial charge in [0.1, 0.15) is 18.7 Å². The van der Waals surface area contributed by atoms with Gasteiger partial charge in [0.05, 0.1) is 14.2 Å². The van der Waals surface area contributed by atoms with Gasteiger partial charge in [0, 0.05) is 22.1 Å². The summed E-state index contributed by atoms with van der Waals surface area (Å²) in [7, 11) is 3.17. The fourth-order valence-electron chi connectivity index (χ4n) is 3.47. The van der Waals surface area contributed by atoms with Crippen LogP contribution in [0, 0.1) is 6.92 Å². The number of hydrogen-bond acceptors (Lipinski definition) is 5. The van der Waals surface area contributed by atoms with Gasteiger partial charge in [-0.25, -0.2) is 0 Å². The maximum Gasteiger partial charge on any atom is 0.176 e. The molecule has 0 saturated heterocycles. The molecule has 0 aliphatic carbocycles. The average molecular weight is 402 g/mol. The van der Waals surface area contributed by atoms with Crippen LogP contribution in [0.3, 0.4) is 0 Å². The van der Waals surface area contributed by atoms with Crippen LogP contribution >= 0.6 is 0 Å². The number of methoxy groups -OCH3 is 2. The molecular weight excluding hydrogens is 380 g/mol. The third kappa shape index (κ3) is 3.62. The van der Waals surface area contributed by atoms with E-state index in [-0.39, 0.29) is 0 Å². The van der Waals surface area contributed by atoms with E-state index in [0.717, 1.165) is 28.4 Å². The van der Waals surface area contributed by atoms with Gasteiger partial charge in [-0.3, -0.25) is 4.79 Å². The zero-order valence-corrected chi connectivity index (χ0v) is 17.1. The molecule has 30 heavy (non-hydrogen) atoms. The summed E-state index contributed by atoms with van der Waals surface area (Å²) in [6.07, 6.45) is 0.802. The Morgan fingerprint density at radius 3 is 2.37 bits per heavy atom. The quantitative estimate of drug-likeness (QED) is 0.365. The molecule has 0 aliphatic heterocycles. The first-order valence-corrected chi connectivity index (χ1v) is 9.56. The van der Waals surface area contributed by atoms with Crippen LogP contribution in [0.2, 0.25) is 0 Å². The Hall–Kier alpha value is -3.73. The van der Waals surface area contributed by atoms with E-state index in [9.17, 15) is 4.79 Å². The molecule has 0 fully saturated rings. The van der Waals surface area contributed by atoms with Gasteiger partial charge in [0.25, 0.3) is 0 Å². The summed E-state index contributed by atoms with van der Waals surface area (Å²) in [6, 6.07) is 19.1. The van der Waals surface area contributed by atoms with E-state index in [1.165, 1.54) is 0 Å². The zero-order chi connectivity index (χ0) is 21.1. The average Bonchev–Trinajstić information content (AvgIpc) is 3.14. The Labute approximate surface area is 174 Å². The Morgan fingerprint density at radius 1 is 0.900 bits per heavy atom. The molecule has 0 amide bonds. The first-order chi connectivity index (χ1) is 14.6. The Kier molecular flexibility index (Phi) is 5.44. The lowest BCUT2D eigenvalue weighted by atomic mass is 10.0. The van der Waals surface area contributed by atoms with E-state index >= 15 is 0 Å². The summed E-state index contributed by atoms with van der Waals surface area (Å²) in [6.45, 7) is 2.41. The van der Waals surface area contributed by atoms with E-state index < -0.39 is 0 Å². The molecule has 0 radical (unpaired) electrons. The standard InChI is InChI=1S/C25H22O5/c1-16-20-11-18(14-26)12-23(28-3)25(20)30-24(16)19-9-10-21(22(13-19)27-2)29-15-17-7-5-4-6-8-17/h4-14H,15H2,1-3H3. The highest BCUT2D eigenvalue weighted by atomic mass is 16.5. The van der Waals surface area contributed by atoms with Gasteiger partial charge in [-0.2, -0.15) is 0 Å². The number of furan rings is 1. The highest BCUT2D eigenvalue weighted by molar-refractivity contribution is 5.95. The van der Waals surface area contributed by atoms with Crippen molar-refractivity contribution in [2.45, 2.75) is 13.5 Å². The van der Waals surface area contributed by atoms with Crippen molar-refractivity contribution in [3.05, 3.63) is 77.4 Å². The van der Waals surface area contributed by atoms with Gasteiger partial charge in [-0.05, 0) is 42.8 Å². The Bertz CT molecular complexity index is 1190. The van der Waals surface area contributed by atoms with E-state index in [1.54, 1.807) is 20.3 Å². The van der Waals surface area contributed by atoms with Gasteiger partial charge in [-0.15, -0.1) is 0 Å². The SMILES string of the molecule is COc1cc(-c2oc3c(OC)cc(C=O)cc3c2C)ccc1OCc1ccccc1. The predicted molar refractivity (Wildman–Crippen MR) is 116 cm³/mol. The fraction of sp³-hybridized carbons (Fsp3) is 0.160. The lowest BCUT2D eigenvalue weighted by Gasteiger charge is -2.12. The van der Waals surface area contributed by atoms with Crippen molar-refractivity contribution in [1.82, 2.24) is 0 Å². The molecule has 0 atom stereocenters. The van der Waals surface area contributed by atoms with Crippen LogP contribution in [0.1, 0.15) is 21.5 Å². The number of carbonyl (C=O) groups excluding carboxylic acids is 1. The molecule has 152 valence electrons. The number of rotatable bonds is 7. The summed E-state index contributed by atoms with van der Waals surface area (Å²) in [5.74, 6) is 2.49. The Balaban J connectivity index is 1.71. The van der Waals surface area contributed by atoms with Crippen LogP contribution in [0.4, 0.5) is 0 Å². The molecule has 1 heterocycles. The molecule has 3 aromatic carbocycles. The lowest BCUT2D eigenvalue weighted by molar-refractivity contribution is 0.112. The highest BCUT2D eigenvalue weighted by Crippen LogP contribution is 2.40. The summed E-state index contributed by atoms with van der Waals surface area (Å²) in [5.41, 5.74) is 4.00. The molecule has 5 nitrogen and oxygen atoms in total. The van der Waals surface area contributed by atoms with Crippen molar-refractivity contribution < 1.29 is 23.4 Å². The van der Waals surface area contributed by atoms with Gasteiger partial charge in [0.2, 0.25) is 0 Å². The van der Waals surface area contributed by atoms with Crippen molar-refractivity contribution >= 4 is 17.3 Å². The Morgan fingerprint density at radius 2 is 1.67 bits per heavy atom. The van der Waals surface area contributed by atoms with E-state index in [4.69, 9.17) is 18.6 Å². The van der Waals surface area contributed by atoms with E-state index in [1.807, 2.05) is 61.5 Å². The zero-order valence-electron chi connectivity index (χ0n) is 17.1. The van der Waals surface area contributed by atoms with Crippen LogP contribution in [0.5, 0.6) is 17.2 Å². The summed E-state index contributed by atoms with van der Waals surface area (Å²) < 4.78 is 23.1. The number of benzene rings is 3. The van der Waals surface area contributed by atoms with Gasteiger partial charge in [-0.1, -0.05) is 30.3 Å². The number of ether oxygens (including phenoxy) is 3. The second kappa shape index (κ2) is 8.33. The largest absolute Gasteiger partial charge is 0.493 e. The molecule has 1 aromatic heterocycles. The number of aryl methyl sites for hydroxylation is 1. The lowest BCUT2D eigenvalue weighted by Crippen LogP contribution is -1.97. The van der Waals surface area contributed by atoms with Crippen LogP contribution in [-0.4, -0.2) is 20.5 Å². The molecule has 0 bridgehead atoms. The van der Waals surface area contributed by atoms with Crippen LogP contribution in [-0.2, 0) is 6.61 Å². The summed E-state index contributed by atoms with van der Waals surface area (Å²) in [4.78, 5) is 11.3. The minimum Gasteiger partial charge on any atom is -0.493 e. The van der Waals surface area contributed by atoms with Crippen molar-refractivity contribution in [2.75, 3.05) is 14.2 Å². The fourth-order valence-corrected chi connectivity index (χ4v) is 3.47. The minimum absolute atomic E-state index is 0.450. The minimum atomic E-state index is 0.450. The third-order valence-electron chi connectivity index (χ3n) is 5.04. The van der Waals surface area contributed by atoms with Crippen LogP contribution < -0.4 is 14.2 Å². The van der Waals surface area contributed by atoms with E-state index in [0.29, 0.717) is 40.8 Å². The first kappa shape index (κ1) is 19.6. The topological polar surface area (TPSA) is 57.9 Å². The molecule has 0 spiro atoms. The molecule has 0 unspecified atom stereocenters. The molecule has 0 aliphatic rings. The molecule has 4 aromatic rings. The highest BCUT2D eigenvalue weighted by Gasteiger charge is 2.18. The molecule has 0 saturated carbocycles. The normalized spacial score (nSPS) is 10.8. The van der Waals surface area contributed by atoms with Crippen molar-refractivity contribution in [3.63, 3.8) is 0 Å². The van der Waals surface area contributed by atoms with Crippen molar-refractivity contribution in [2.24, 2.45) is 0 Å². The van der Waals surface area contributed by atoms with E-state index in [2.05, 4.69) is 0 Å². The summed E-state index contributed by atoms with van der Waals surface area (Å²) in [5, 5.41) is 0.842. The second-order valence-electron chi connectivity index (χ2n) is 6.91. The first-order valence-electron chi connectivity index (χ1n) is 9.56. The molecular formula is C25H22O5. The number of hydrogen-bond donors (Lipinski definition) is 0. The van der Waals surface area contributed by atoms with Gasteiger partial charge >= 0.3 is 0 Å².